The van der Waals surface area contributed by atoms with Crippen molar-refractivity contribution in [2.45, 2.75) is 6.92 Å². The van der Waals surface area contributed by atoms with Crippen LogP contribution in [0.25, 0.3) is 0 Å². The quantitative estimate of drug-likeness (QED) is 0.177. The van der Waals surface area contributed by atoms with E-state index < -0.39 is 0 Å². The molecule has 0 saturated heterocycles. The van der Waals surface area contributed by atoms with Crippen molar-refractivity contribution in [2.24, 2.45) is 23.4 Å². The molecule has 7 heavy (non-hydrogen) atoms. The molecule has 0 atom stereocenters. The van der Waals surface area contributed by atoms with Gasteiger partial charge >= 0.3 is 0 Å². The largest absolute Gasteiger partial charge is 0.274 e. The minimum atomic E-state index is 1.75. The smallest absolute Gasteiger partial charge is 0.0473 e. The molecular weight excluding hydrogens is 92.1 g/mol. The van der Waals surface area contributed by atoms with Crippen LogP contribution in [0.3, 0.4) is 0 Å². The van der Waals surface area contributed by atoms with E-state index in [4.69, 9.17) is 0 Å². The Balaban J connectivity index is -0.0000000360. The zero-order valence-electron chi connectivity index (χ0n) is 4.59. The van der Waals surface area contributed by atoms with E-state index in [1.165, 1.54) is 0 Å². The first kappa shape index (κ1) is 16.0. The highest BCUT2D eigenvalue weighted by molar-refractivity contribution is 4.51. The molecule has 8 N–H and O–H groups in total. The van der Waals surface area contributed by atoms with E-state index in [0.29, 0.717) is 0 Å². The first-order valence-electron chi connectivity index (χ1n) is 1.65. The second-order valence-corrected chi connectivity index (χ2v) is 0.408. The zero-order chi connectivity index (χ0) is 6.71. The van der Waals surface area contributed by atoms with Crippen LogP contribution in [0.15, 0.2) is 12.7 Å². The molecule has 0 aliphatic carbocycles. The Kier molecular flexibility index (Phi) is 795. The highest BCUT2D eigenvalue weighted by atomic mass is 15.0. The first-order chi connectivity index (χ1) is 3.41. The lowest BCUT2D eigenvalue weighted by molar-refractivity contribution is 1.26. The predicted molar refractivity (Wildman–Crippen MR) is 32.6 cm³/mol. The number of nitrogens with two attached hydrogens (primary N) is 4. The van der Waals surface area contributed by atoms with Crippen molar-refractivity contribution in [3.8, 4) is 0 Å². The normalized spacial score (nSPS) is 3.57. The van der Waals surface area contributed by atoms with E-state index in [2.05, 4.69) is 29.9 Å². The van der Waals surface area contributed by atoms with Crippen LogP contribution in [0.1, 0.15) is 6.92 Å². The van der Waals surface area contributed by atoms with E-state index in [-0.39, 0.29) is 0 Å². The maximum atomic E-state index is 4.00. The van der Waals surface area contributed by atoms with Crippen molar-refractivity contribution in [1.82, 2.24) is 0 Å². The molecule has 0 bridgehead atoms. The van der Waals surface area contributed by atoms with Gasteiger partial charge < -0.3 is 0 Å². The van der Waals surface area contributed by atoms with Gasteiger partial charge in [0.15, 0.2) is 0 Å². The second-order valence-electron chi connectivity index (χ2n) is 0.408. The molecule has 0 aromatic carbocycles. The van der Waals surface area contributed by atoms with Crippen molar-refractivity contribution < 1.29 is 0 Å². The molecule has 4 heteroatoms. The number of rotatable bonds is 0. The third-order valence-electron chi connectivity index (χ3n) is 0. The van der Waals surface area contributed by atoms with Gasteiger partial charge in [-0.1, -0.05) is 6.08 Å². The zero-order valence-corrected chi connectivity index (χ0v) is 4.59. The van der Waals surface area contributed by atoms with Gasteiger partial charge in [-0.2, -0.15) is 0 Å². The first-order valence-corrected chi connectivity index (χ1v) is 1.65. The molecular formula is C3H14N4. The molecule has 0 aliphatic heterocycles. The summed E-state index contributed by atoms with van der Waals surface area (Å²) in [6.45, 7) is 5.25. The van der Waals surface area contributed by atoms with Gasteiger partial charge in [0.25, 0.3) is 0 Å². The van der Waals surface area contributed by atoms with Gasteiger partial charge in [0.1, 0.15) is 0 Å². The van der Waals surface area contributed by atoms with Gasteiger partial charge in [-0.15, -0.1) is 6.58 Å². The second kappa shape index (κ2) is 348. The Bertz CT molecular complexity index is 14.4. The van der Waals surface area contributed by atoms with Crippen LogP contribution < -0.4 is 23.4 Å². The number of allylic oxidation sites excluding steroid dienone is 1. The fourth-order valence-electron chi connectivity index (χ4n) is 0. The third-order valence-corrected chi connectivity index (χ3v) is 0. The molecule has 0 amide bonds. The summed E-state index contributed by atoms with van der Waals surface area (Å²) >= 11 is 0. The summed E-state index contributed by atoms with van der Waals surface area (Å²) in [6, 6.07) is 0. The number of hydrazine groups is 2. The van der Waals surface area contributed by atoms with E-state index in [1.54, 1.807) is 6.08 Å². The number of hydrogen-bond donors (Lipinski definition) is 4. The topological polar surface area (TPSA) is 104 Å². The standard InChI is InChI=1S/C3H6.2H4N2/c1-3-2;2*1-2/h3H,1H2,2H3;2*1-2H2. The fraction of sp³-hybridized carbons (Fsp3) is 0.333. The van der Waals surface area contributed by atoms with Crippen molar-refractivity contribution in [1.29, 1.82) is 0 Å². The van der Waals surface area contributed by atoms with Gasteiger partial charge in [0.05, 0.1) is 0 Å². The maximum absolute atomic E-state index is 4.00. The molecule has 0 aromatic rings. The van der Waals surface area contributed by atoms with Crippen LogP contribution >= 0.6 is 0 Å². The monoisotopic (exact) mass is 106 g/mol. The molecule has 0 aliphatic rings. The van der Waals surface area contributed by atoms with Crippen LogP contribution in [0, 0.1) is 0 Å². The van der Waals surface area contributed by atoms with Crippen LogP contribution in [0.5, 0.6) is 0 Å². The Morgan fingerprint density at radius 2 is 1.14 bits per heavy atom. The van der Waals surface area contributed by atoms with Gasteiger partial charge in [-0.25, -0.2) is 0 Å². The summed E-state index contributed by atoms with van der Waals surface area (Å²) in [7, 11) is 0. The average Bonchev–Trinajstić information content (AvgIpc) is 1.78. The van der Waals surface area contributed by atoms with Crippen LogP contribution in [-0.2, 0) is 0 Å². The predicted octanol–water partition coefficient (Wildman–Crippen LogP) is -1.17. The van der Waals surface area contributed by atoms with Crippen molar-refractivity contribution in [3.63, 3.8) is 0 Å². The number of hydrogen-bond acceptors (Lipinski definition) is 4. The summed E-state index contributed by atoms with van der Waals surface area (Å²) in [5, 5.41) is 0. The Hall–Kier alpha value is -0.420. The summed E-state index contributed by atoms with van der Waals surface area (Å²) in [4.78, 5) is 0. The van der Waals surface area contributed by atoms with E-state index in [9.17, 15) is 0 Å². The van der Waals surface area contributed by atoms with E-state index in [0.717, 1.165) is 0 Å². The van der Waals surface area contributed by atoms with Crippen molar-refractivity contribution in [2.75, 3.05) is 0 Å². The summed E-state index contributed by atoms with van der Waals surface area (Å²) in [5.74, 6) is 16.0. The molecule has 0 saturated carbocycles. The highest BCUT2D eigenvalue weighted by Crippen LogP contribution is 1.38. The molecule has 4 nitrogen and oxygen atoms in total. The Morgan fingerprint density at radius 1 is 1.14 bits per heavy atom. The molecule has 0 radical (unpaired) electrons. The van der Waals surface area contributed by atoms with Gasteiger partial charge in [-0.05, 0) is 6.92 Å². The highest BCUT2D eigenvalue weighted by Gasteiger charge is 1.15. The summed E-state index contributed by atoms with van der Waals surface area (Å²) < 4.78 is 0. The fourth-order valence-corrected chi connectivity index (χ4v) is 0. The molecule has 0 rings (SSSR count). The maximum Gasteiger partial charge on any atom is -0.0473 e. The lowest BCUT2D eigenvalue weighted by atomic mass is 10.8. The van der Waals surface area contributed by atoms with Crippen molar-refractivity contribution >= 4 is 0 Å². The van der Waals surface area contributed by atoms with Crippen LogP contribution in [0.4, 0.5) is 0 Å². The SMILES string of the molecule is C=CC.NN.NN. The average molecular weight is 106 g/mol. The van der Waals surface area contributed by atoms with E-state index in [1.807, 2.05) is 6.92 Å². The van der Waals surface area contributed by atoms with E-state index >= 15 is 0 Å². The van der Waals surface area contributed by atoms with Crippen molar-refractivity contribution in [3.05, 3.63) is 12.7 Å². The molecule has 0 spiro atoms. The third kappa shape index (κ3) is 405. The molecule has 0 fully saturated rings. The van der Waals surface area contributed by atoms with Crippen LogP contribution in [0.2, 0.25) is 0 Å². The Morgan fingerprint density at radius 3 is 1.14 bits per heavy atom. The van der Waals surface area contributed by atoms with Crippen LogP contribution in [-0.4, -0.2) is 0 Å². The minimum Gasteiger partial charge on any atom is -0.274 e. The van der Waals surface area contributed by atoms with Gasteiger partial charge in [0, 0.05) is 0 Å². The lowest BCUT2D eigenvalue weighted by Crippen LogP contribution is -2.02. The minimum absolute atomic E-state index is 1.75. The van der Waals surface area contributed by atoms with Gasteiger partial charge in [-0.3, -0.25) is 23.4 Å². The molecule has 0 heterocycles. The summed E-state index contributed by atoms with van der Waals surface area (Å²) in [5.41, 5.74) is 0. The molecule has 0 unspecified atom stereocenters. The summed E-state index contributed by atoms with van der Waals surface area (Å²) in [6.07, 6.45) is 1.75. The van der Waals surface area contributed by atoms with Gasteiger partial charge in [0.2, 0.25) is 0 Å². The molecule has 0 aromatic heterocycles. The lowest BCUT2D eigenvalue weighted by Gasteiger charge is -1.31. The molecule has 46 valence electrons. The Labute approximate surface area is 44.1 Å².